The van der Waals surface area contributed by atoms with Crippen molar-refractivity contribution >= 4 is 28.1 Å². The van der Waals surface area contributed by atoms with Gasteiger partial charge in [-0.15, -0.1) is 10.2 Å². The third kappa shape index (κ3) is 5.03. The van der Waals surface area contributed by atoms with Crippen molar-refractivity contribution in [2.45, 2.75) is 46.1 Å². The fourth-order valence-electron chi connectivity index (χ4n) is 3.42. The van der Waals surface area contributed by atoms with E-state index in [2.05, 4.69) is 36.3 Å². The minimum Gasteiger partial charge on any atom is -0.494 e. The van der Waals surface area contributed by atoms with E-state index in [1.807, 2.05) is 61.5 Å². The van der Waals surface area contributed by atoms with Crippen LogP contribution >= 0.6 is 11.3 Å². The predicted octanol–water partition coefficient (Wildman–Crippen LogP) is 5.77. The van der Waals surface area contributed by atoms with Crippen LogP contribution in [0.1, 0.15) is 54.5 Å². The molecule has 33 heavy (non-hydrogen) atoms. The SMILES string of the molecule is CCOc1cccc(-c2cc(C(=O)NCc3nnc(C(C)(C)CC)s3)c3ccccc3n2)c1. The molecule has 0 radical (unpaired) electrons. The van der Waals surface area contributed by atoms with E-state index in [0.717, 1.165) is 44.3 Å². The van der Waals surface area contributed by atoms with Crippen LogP contribution in [-0.4, -0.2) is 27.7 Å². The van der Waals surface area contributed by atoms with Crippen LogP contribution in [-0.2, 0) is 12.0 Å². The fraction of sp³-hybridized carbons (Fsp3) is 0.308. The lowest BCUT2D eigenvalue weighted by Crippen LogP contribution is -2.23. The molecule has 0 bridgehead atoms. The van der Waals surface area contributed by atoms with E-state index in [9.17, 15) is 4.79 Å². The number of para-hydroxylation sites is 1. The fourth-order valence-corrected chi connectivity index (χ4v) is 4.38. The first-order valence-electron chi connectivity index (χ1n) is 11.2. The molecule has 170 valence electrons. The Labute approximate surface area is 198 Å². The third-order valence-electron chi connectivity index (χ3n) is 5.73. The van der Waals surface area contributed by atoms with E-state index in [-0.39, 0.29) is 11.3 Å². The lowest BCUT2D eigenvalue weighted by atomic mass is 9.91. The van der Waals surface area contributed by atoms with Crippen molar-refractivity contribution in [1.29, 1.82) is 0 Å². The highest BCUT2D eigenvalue weighted by atomic mass is 32.1. The summed E-state index contributed by atoms with van der Waals surface area (Å²) in [5, 5.41) is 14.2. The first-order chi connectivity index (χ1) is 15.9. The summed E-state index contributed by atoms with van der Waals surface area (Å²) in [6.45, 7) is 9.32. The van der Waals surface area contributed by atoms with E-state index < -0.39 is 0 Å². The maximum absolute atomic E-state index is 13.2. The molecule has 0 aliphatic heterocycles. The van der Waals surface area contributed by atoms with Gasteiger partial charge in [0.05, 0.1) is 29.9 Å². The molecule has 0 aliphatic rings. The first-order valence-corrected chi connectivity index (χ1v) is 12.0. The van der Waals surface area contributed by atoms with Crippen LogP contribution in [0.5, 0.6) is 5.75 Å². The predicted molar refractivity (Wildman–Crippen MR) is 133 cm³/mol. The molecule has 7 heteroatoms. The number of amides is 1. The van der Waals surface area contributed by atoms with Crippen molar-refractivity contribution in [3.05, 3.63) is 70.2 Å². The average Bonchev–Trinajstić information content (AvgIpc) is 3.32. The third-order valence-corrected chi connectivity index (χ3v) is 7.02. The van der Waals surface area contributed by atoms with Crippen LogP contribution in [0.2, 0.25) is 0 Å². The van der Waals surface area contributed by atoms with Crippen molar-refractivity contribution in [3.63, 3.8) is 0 Å². The number of aromatic nitrogens is 3. The van der Waals surface area contributed by atoms with E-state index in [1.165, 1.54) is 0 Å². The van der Waals surface area contributed by atoms with Crippen molar-refractivity contribution in [2.24, 2.45) is 0 Å². The summed E-state index contributed by atoms with van der Waals surface area (Å²) < 4.78 is 5.64. The number of ether oxygens (including phenoxy) is 1. The van der Waals surface area contributed by atoms with Gasteiger partial charge in [0.2, 0.25) is 0 Å². The molecule has 2 heterocycles. The van der Waals surface area contributed by atoms with Crippen LogP contribution in [0.3, 0.4) is 0 Å². The maximum atomic E-state index is 13.2. The van der Waals surface area contributed by atoms with Gasteiger partial charge in [0.1, 0.15) is 15.8 Å². The van der Waals surface area contributed by atoms with Gasteiger partial charge in [0, 0.05) is 16.4 Å². The highest BCUT2D eigenvalue weighted by Crippen LogP contribution is 2.30. The van der Waals surface area contributed by atoms with Crippen LogP contribution in [0.15, 0.2) is 54.6 Å². The zero-order chi connectivity index (χ0) is 23.4. The summed E-state index contributed by atoms with van der Waals surface area (Å²) >= 11 is 1.55. The normalized spacial score (nSPS) is 11.5. The number of hydrogen-bond acceptors (Lipinski definition) is 6. The van der Waals surface area contributed by atoms with Gasteiger partial charge < -0.3 is 10.1 Å². The van der Waals surface area contributed by atoms with Crippen LogP contribution < -0.4 is 10.1 Å². The summed E-state index contributed by atoms with van der Waals surface area (Å²) in [5.74, 6) is 0.611. The zero-order valence-corrected chi connectivity index (χ0v) is 20.2. The van der Waals surface area contributed by atoms with E-state index in [1.54, 1.807) is 11.3 Å². The Morgan fingerprint density at radius 1 is 1.06 bits per heavy atom. The van der Waals surface area contributed by atoms with E-state index >= 15 is 0 Å². The quantitative estimate of drug-likeness (QED) is 0.361. The molecule has 1 N–H and O–H groups in total. The van der Waals surface area contributed by atoms with E-state index in [4.69, 9.17) is 9.72 Å². The summed E-state index contributed by atoms with van der Waals surface area (Å²) in [5.41, 5.74) is 2.95. The lowest BCUT2D eigenvalue weighted by molar-refractivity contribution is 0.0952. The van der Waals surface area contributed by atoms with Gasteiger partial charge in [0.25, 0.3) is 5.91 Å². The molecule has 0 unspecified atom stereocenters. The van der Waals surface area contributed by atoms with Gasteiger partial charge in [0.15, 0.2) is 0 Å². The molecule has 2 aromatic heterocycles. The minimum atomic E-state index is -0.165. The molecule has 6 nitrogen and oxygen atoms in total. The van der Waals surface area contributed by atoms with Crippen molar-refractivity contribution in [1.82, 2.24) is 20.5 Å². The number of nitrogens with zero attached hydrogens (tertiary/aromatic N) is 3. The van der Waals surface area contributed by atoms with Gasteiger partial charge >= 0.3 is 0 Å². The largest absolute Gasteiger partial charge is 0.494 e. The van der Waals surface area contributed by atoms with Crippen LogP contribution in [0.4, 0.5) is 0 Å². The molecule has 4 aromatic rings. The molecule has 2 aromatic carbocycles. The smallest absolute Gasteiger partial charge is 0.252 e. The molecule has 0 atom stereocenters. The Kier molecular flexibility index (Phi) is 6.70. The van der Waals surface area contributed by atoms with Gasteiger partial charge in [-0.3, -0.25) is 4.79 Å². The lowest BCUT2D eigenvalue weighted by Gasteiger charge is -2.17. The molecule has 0 aliphatic carbocycles. The standard InChI is InChI=1S/C26H28N4O2S/c1-5-26(3,4)25-30-29-23(33-25)16-27-24(31)20-15-22(28-21-13-8-7-12-19(20)21)17-10-9-11-18(14-17)32-6-2/h7-15H,5-6,16H2,1-4H3,(H,27,31). The summed E-state index contributed by atoms with van der Waals surface area (Å²) in [6, 6.07) is 17.3. The summed E-state index contributed by atoms with van der Waals surface area (Å²) in [6.07, 6.45) is 0.976. The molecule has 0 spiro atoms. The molecule has 0 fully saturated rings. The number of nitrogens with one attached hydrogen (secondary N) is 1. The Hall–Kier alpha value is -3.32. The number of benzene rings is 2. The molecule has 0 saturated heterocycles. The number of rotatable bonds is 8. The molecular formula is C26H28N4O2S. The van der Waals surface area contributed by atoms with Gasteiger partial charge in [-0.1, -0.05) is 62.4 Å². The highest BCUT2D eigenvalue weighted by molar-refractivity contribution is 7.11. The second kappa shape index (κ2) is 9.67. The van der Waals surface area contributed by atoms with Crippen molar-refractivity contribution < 1.29 is 9.53 Å². The average molecular weight is 461 g/mol. The zero-order valence-electron chi connectivity index (χ0n) is 19.4. The molecular weight excluding hydrogens is 432 g/mol. The monoisotopic (exact) mass is 460 g/mol. The number of carbonyl (C=O) groups excluding carboxylic acids is 1. The highest BCUT2D eigenvalue weighted by Gasteiger charge is 2.23. The van der Waals surface area contributed by atoms with Gasteiger partial charge in [-0.05, 0) is 37.6 Å². The Bertz CT molecular complexity index is 1280. The van der Waals surface area contributed by atoms with Gasteiger partial charge in [-0.25, -0.2) is 4.98 Å². The number of hydrogen-bond donors (Lipinski definition) is 1. The van der Waals surface area contributed by atoms with Crippen LogP contribution in [0.25, 0.3) is 22.2 Å². The Balaban J connectivity index is 1.63. The Morgan fingerprint density at radius 2 is 1.88 bits per heavy atom. The van der Waals surface area contributed by atoms with Crippen LogP contribution in [0, 0.1) is 0 Å². The number of carbonyl (C=O) groups is 1. The maximum Gasteiger partial charge on any atom is 0.252 e. The second-order valence-electron chi connectivity index (χ2n) is 8.45. The van der Waals surface area contributed by atoms with Crippen molar-refractivity contribution in [3.8, 4) is 17.0 Å². The van der Waals surface area contributed by atoms with Crippen molar-refractivity contribution in [2.75, 3.05) is 6.61 Å². The second-order valence-corrected chi connectivity index (χ2v) is 9.52. The topological polar surface area (TPSA) is 77.0 Å². The number of pyridine rings is 1. The molecule has 4 rings (SSSR count). The minimum absolute atomic E-state index is 0.0217. The molecule has 0 saturated carbocycles. The number of fused-ring (bicyclic) bond motifs is 1. The molecule has 1 amide bonds. The Morgan fingerprint density at radius 3 is 2.67 bits per heavy atom. The van der Waals surface area contributed by atoms with Gasteiger partial charge in [-0.2, -0.15) is 0 Å². The summed E-state index contributed by atoms with van der Waals surface area (Å²) in [4.78, 5) is 18.0. The first kappa shape index (κ1) is 22.9. The summed E-state index contributed by atoms with van der Waals surface area (Å²) in [7, 11) is 0. The van der Waals surface area contributed by atoms with E-state index in [0.29, 0.717) is 18.7 Å².